The van der Waals surface area contributed by atoms with Gasteiger partial charge in [-0.3, -0.25) is 0 Å². The minimum atomic E-state index is 0.591. The minimum absolute atomic E-state index is 0.591. The molecule has 3 heteroatoms. The maximum atomic E-state index is 5.72. The average Bonchev–Trinajstić information content (AvgIpc) is 2.63. The number of hydrogen-bond donors (Lipinski definition) is 1. The van der Waals surface area contributed by atoms with Gasteiger partial charge in [0.1, 0.15) is 12.4 Å². The van der Waals surface area contributed by atoms with Gasteiger partial charge in [0.25, 0.3) is 0 Å². The molecule has 0 bridgehead atoms. The zero-order valence-corrected chi connectivity index (χ0v) is 11.2. The van der Waals surface area contributed by atoms with Gasteiger partial charge in [-0.15, -0.1) is 0 Å². The van der Waals surface area contributed by atoms with Gasteiger partial charge in [-0.05, 0) is 43.9 Å². The Bertz CT molecular complexity index is 346. The fraction of sp³-hybridized carbons (Fsp3) is 0.600. The van der Waals surface area contributed by atoms with Crippen LogP contribution in [-0.2, 0) is 4.74 Å². The molecule has 1 heterocycles. The van der Waals surface area contributed by atoms with E-state index >= 15 is 0 Å². The van der Waals surface area contributed by atoms with Crippen LogP contribution in [0.5, 0.6) is 5.75 Å². The van der Waals surface area contributed by atoms with Gasteiger partial charge in [-0.1, -0.05) is 12.1 Å². The second kappa shape index (κ2) is 7.39. The third-order valence-corrected chi connectivity index (χ3v) is 3.25. The predicted molar refractivity (Wildman–Crippen MR) is 73.1 cm³/mol. The number of ether oxygens (including phenoxy) is 2. The highest BCUT2D eigenvalue weighted by Crippen LogP contribution is 2.12. The Morgan fingerprint density at radius 2 is 2.28 bits per heavy atom. The van der Waals surface area contributed by atoms with E-state index in [1.807, 2.05) is 12.1 Å². The van der Waals surface area contributed by atoms with Crippen molar-refractivity contribution in [1.29, 1.82) is 0 Å². The normalized spacial score (nSPS) is 20.4. The standard InChI is InChI=1S/C15H23NO2/c1-13-4-2-6-15(12-13)18-11-8-16-14-5-3-9-17-10-7-14/h2,4,6,12,14,16H,3,5,7-11H2,1H3. The maximum Gasteiger partial charge on any atom is 0.119 e. The molecule has 1 aliphatic rings. The number of benzene rings is 1. The van der Waals surface area contributed by atoms with Crippen LogP contribution in [0, 0.1) is 6.92 Å². The van der Waals surface area contributed by atoms with Gasteiger partial charge < -0.3 is 14.8 Å². The third kappa shape index (κ3) is 4.67. The second-order valence-corrected chi connectivity index (χ2v) is 4.86. The van der Waals surface area contributed by atoms with Crippen LogP contribution in [-0.4, -0.2) is 32.4 Å². The molecule has 1 N–H and O–H groups in total. The van der Waals surface area contributed by atoms with Crippen LogP contribution in [0.4, 0.5) is 0 Å². The van der Waals surface area contributed by atoms with Gasteiger partial charge in [-0.25, -0.2) is 0 Å². The number of hydrogen-bond acceptors (Lipinski definition) is 3. The SMILES string of the molecule is Cc1cccc(OCCNC2CCCOCC2)c1. The molecule has 1 aromatic carbocycles. The molecular formula is C15H23NO2. The summed E-state index contributed by atoms with van der Waals surface area (Å²) in [5.74, 6) is 0.959. The molecule has 1 saturated heterocycles. The first kappa shape index (κ1) is 13.4. The van der Waals surface area contributed by atoms with E-state index in [1.165, 1.54) is 12.0 Å². The van der Waals surface area contributed by atoms with Gasteiger partial charge in [0.05, 0.1) is 0 Å². The summed E-state index contributed by atoms with van der Waals surface area (Å²) < 4.78 is 11.2. The molecule has 1 unspecified atom stereocenters. The topological polar surface area (TPSA) is 30.5 Å². The molecule has 1 atom stereocenters. The van der Waals surface area contributed by atoms with Crippen molar-refractivity contribution in [1.82, 2.24) is 5.32 Å². The van der Waals surface area contributed by atoms with E-state index in [0.29, 0.717) is 6.04 Å². The van der Waals surface area contributed by atoms with Crippen molar-refractivity contribution in [3.8, 4) is 5.75 Å². The largest absolute Gasteiger partial charge is 0.492 e. The van der Waals surface area contributed by atoms with Crippen molar-refractivity contribution < 1.29 is 9.47 Å². The monoisotopic (exact) mass is 249 g/mol. The zero-order valence-electron chi connectivity index (χ0n) is 11.2. The summed E-state index contributed by atoms with van der Waals surface area (Å²) in [4.78, 5) is 0. The van der Waals surface area contributed by atoms with Gasteiger partial charge >= 0.3 is 0 Å². The van der Waals surface area contributed by atoms with Crippen molar-refractivity contribution in [2.24, 2.45) is 0 Å². The van der Waals surface area contributed by atoms with Gasteiger partial charge in [0, 0.05) is 25.8 Å². The summed E-state index contributed by atoms with van der Waals surface area (Å²) in [5.41, 5.74) is 1.24. The lowest BCUT2D eigenvalue weighted by molar-refractivity contribution is 0.142. The van der Waals surface area contributed by atoms with Crippen molar-refractivity contribution in [3.63, 3.8) is 0 Å². The lowest BCUT2D eigenvalue weighted by Crippen LogP contribution is -2.32. The lowest BCUT2D eigenvalue weighted by atomic mass is 10.1. The summed E-state index contributed by atoms with van der Waals surface area (Å²) in [6.45, 7) is 5.50. The first-order valence-corrected chi connectivity index (χ1v) is 6.85. The molecule has 1 aliphatic heterocycles. The summed E-state index contributed by atoms with van der Waals surface area (Å²) >= 11 is 0. The van der Waals surface area contributed by atoms with E-state index in [2.05, 4.69) is 24.4 Å². The van der Waals surface area contributed by atoms with E-state index in [9.17, 15) is 0 Å². The Hall–Kier alpha value is -1.06. The molecule has 0 aromatic heterocycles. The zero-order chi connectivity index (χ0) is 12.6. The van der Waals surface area contributed by atoms with E-state index in [1.54, 1.807) is 0 Å². The predicted octanol–water partition coefficient (Wildman–Crippen LogP) is 2.53. The lowest BCUT2D eigenvalue weighted by Gasteiger charge is -2.15. The summed E-state index contributed by atoms with van der Waals surface area (Å²) in [6.07, 6.45) is 3.49. The van der Waals surface area contributed by atoms with E-state index in [-0.39, 0.29) is 0 Å². The highest BCUT2D eigenvalue weighted by Gasteiger charge is 2.10. The molecular weight excluding hydrogens is 226 g/mol. The summed E-state index contributed by atoms with van der Waals surface area (Å²) in [7, 11) is 0. The van der Waals surface area contributed by atoms with Gasteiger partial charge in [0.15, 0.2) is 0 Å². The van der Waals surface area contributed by atoms with Crippen molar-refractivity contribution in [2.75, 3.05) is 26.4 Å². The Labute approximate surface area is 109 Å². The molecule has 3 nitrogen and oxygen atoms in total. The molecule has 1 aromatic rings. The molecule has 0 spiro atoms. The van der Waals surface area contributed by atoms with Gasteiger partial charge in [-0.2, -0.15) is 0 Å². The van der Waals surface area contributed by atoms with Crippen LogP contribution in [0.1, 0.15) is 24.8 Å². The van der Waals surface area contributed by atoms with E-state index in [0.717, 1.165) is 45.0 Å². The molecule has 0 amide bonds. The molecule has 0 aliphatic carbocycles. The fourth-order valence-electron chi connectivity index (χ4n) is 2.24. The van der Waals surface area contributed by atoms with Crippen LogP contribution in [0.15, 0.2) is 24.3 Å². The van der Waals surface area contributed by atoms with Crippen LogP contribution in [0.2, 0.25) is 0 Å². The number of rotatable bonds is 5. The molecule has 0 saturated carbocycles. The Balaban J connectivity index is 1.63. The summed E-state index contributed by atoms with van der Waals surface area (Å²) in [5, 5.41) is 3.54. The first-order valence-electron chi connectivity index (χ1n) is 6.85. The Morgan fingerprint density at radius 1 is 1.33 bits per heavy atom. The average molecular weight is 249 g/mol. The van der Waals surface area contributed by atoms with Crippen LogP contribution < -0.4 is 10.1 Å². The minimum Gasteiger partial charge on any atom is -0.492 e. The highest BCUT2D eigenvalue weighted by molar-refractivity contribution is 5.27. The van der Waals surface area contributed by atoms with Crippen molar-refractivity contribution in [2.45, 2.75) is 32.2 Å². The number of nitrogens with one attached hydrogen (secondary N) is 1. The smallest absolute Gasteiger partial charge is 0.119 e. The van der Waals surface area contributed by atoms with Crippen molar-refractivity contribution >= 4 is 0 Å². The number of aryl methyl sites for hydroxylation is 1. The van der Waals surface area contributed by atoms with E-state index < -0.39 is 0 Å². The van der Waals surface area contributed by atoms with E-state index in [4.69, 9.17) is 9.47 Å². The quantitative estimate of drug-likeness (QED) is 0.813. The molecule has 18 heavy (non-hydrogen) atoms. The third-order valence-electron chi connectivity index (χ3n) is 3.25. The Kier molecular flexibility index (Phi) is 5.49. The fourth-order valence-corrected chi connectivity index (χ4v) is 2.24. The van der Waals surface area contributed by atoms with Crippen LogP contribution in [0.25, 0.3) is 0 Å². The van der Waals surface area contributed by atoms with Gasteiger partial charge in [0.2, 0.25) is 0 Å². The van der Waals surface area contributed by atoms with Crippen LogP contribution >= 0.6 is 0 Å². The van der Waals surface area contributed by atoms with Crippen LogP contribution in [0.3, 0.4) is 0 Å². The summed E-state index contributed by atoms with van der Waals surface area (Å²) in [6, 6.07) is 8.78. The molecule has 0 radical (unpaired) electrons. The molecule has 100 valence electrons. The molecule has 1 fully saturated rings. The van der Waals surface area contributed by atoms with Crippen molar-refractivity contribution in [3.05, 3.63) is 29.8 Å². The first-order chi connectivity index (χ1) is 8.84. The maximum absolute atomic E-state index is 5.72. The molecule has 2 rings (SSSR count). The Morgan fingerprint density at radius 3 is 3.17 bits per heavy atom. The second-order valence-electron chi connectivity index (χ2n) is 4.86. The highest BCUT2D eigenvalue weighted by atomic mass is 16.5.